The van der Waals surface area contributed by atoms with Crippen LogP contribution in [-0.2, 0) is 21.7 Å². The predicted octanol–water partition coefficient (Wildman–Crippen LogP) is 4.33. The van der Waals surface area contributed by atoms with Crippen LogP contribution < -0.4 is 33.3 Å². The molecule has 0 aliphatic heterocycles. The lowest BCUT2D eigenvalue weighted by Crippen LogP contribution is -2.52. The third kappa shape index (κ3) is 6.94. The van der Waals surface area contributed by atoms with Gasteiger partial charge in [-0.15, -0.1) is 0 Å². The Balaban J connectivity index is 2.02. The van der Waals surface area contributed by atoms with Gasteiger partial charge in [0.1, 0.15) is 0 Å². The van der Waals surface area contributed by atoms with Gasteiger partial charge in [-0.3, -0.25) is 0 Å². The van der Waals surface area contributed by atoms with Crippen LogP contribution >= 0.6 is 0 Å². The molecule has 0 aliphatic carbocycles. The molecule has 0 atom stereocenters. The van der Waals surface area contributed by atoms with E-state index in [2.05, 4.69) is 13.2 Å². The lowest BCUT2D eigenvalue weighted by atomic mass is 9.48. The molecule has 12 heteroatoms. The summed E-state index contributed by atoms with van der Waals surface area (Å²) >= 11 is 0. The number of rotatable bonds is 12. The summed E-state index contributed by atoms with van der Waals surface area (Å²) in [5.74, 6) is 0. The third-order valence-electron chi connectivity index (χ3n) is 7.20. The van der Waals surface area contributed by atoms with Gasteiger partial charge in [0.2, 0.25) is 0 Å². The summed E-state index contributed by atoms with van der Waals surface area (Å²) in [7, 11) is 0. The van der Waals surface area contributed by atoms with Crippen molar-refractivity contribution in [2.24, 2.45) is 11.5 Å². The minimum atomic E-state index is -4.51. The maximum absolute atomic E-state index is 13.4. The lowest BCUT2D eigenvalue weighted by Gasteiger charge is -2.26. The number of benzene rings is 4. The predicted molar refractivity (Wildman–Crippen MR) is 167 cm³/mol. The molecule has 0 heterocycles. The number of hydrogen-bond acceptors (Lipinski definition) is 4. The highest BCUT2D eigenvalue weighted by Gasteiger charge is 2.36. The van der Waals surface area contributed by atoms with Crippen molar-refractivity contribution in [3.63, 3.8) is 0 Å². The molecule has 4 aromatic carbocycles. The standard InChI is InChI=1S/C32H30B2F6N2O2/c1-3-25-26(4-2)30(34(44-20-18-42)24-15-11-22(12-16-24)32(38,39)40)28-8-6-5-7-27(28)29(25)33(43-19-17-41)23-13-9-21(10-14-23)31(35,36)37/h3-16H,1-2,17-20,41-42H2. The largest absolute Gasteiger partial charge is 0.426 e. The molecule has 4 rings (SSSR count). The number of halogens is 6. The molecule has 0 fully saturated rings. The molecular weight excluding hydrogens is 580 g/mol. The maximum Gasteiger partial charge on any atom is 0.416 e. The van der Waals surface area contributed by atoms with Crippen molar-refractivity contribution in [1.29, 1.82) is 0 Å². The summed E-state index contributed by atoms with van der Waals surface area (Å²) < 4.78 is 92.5. The zero-order chi connectivity index (χ0) is 32.1. The molecule has 4 nitrogen and oxygen atoms in total. The SMILES string of the molecule is C=Cc1c(C=C)c(B(OCCN)c2ccc(C(F)(F)F)cc2)c2ccccc2c1B(OCCN)c1ccc(C(F)(F)F)cc1. The monoisotopic (exact) mass is 610 g/mol. The van der Waals surface area contributed by atoms with E-state index in [1.54, 1.807) is 24.3 Å². The fraction of sp³-hybridized carbons (Fsp3) is 0.188. The van der Waals surface area contributed by atoms with Crippen LogP contribution in [0, 0.1) is 0 Å². The Bertz CT molecular complexity index is 1490. The Hall–Kier alpha value is -3.83. The molecule has 0 amide bonds. The summed E-state index contributed by atoms with van der Waals surface area (Å²) in [5, 5.41) is 1.36. The average Bonchev–Trinajstić information content (AvgIpc) is 3.01. The third-order valence-corrected chi connectivity index (χ3v) is 7.20. The maximum atomic E-state index is 13.4. The van der Waals surface area contributed by atoms with Crippen LogP contribution in [0.2, 0.25) is 0 Å². The smallest absolute Gasteiger partial charge is 0.416 e. The molecule has 0 spiro atoms. The summed E-state index contributed by atoms with van der Waals surface area (Å²) in [5.41, 5.74) is 13.2. The summed E-state index contributed by atoms with van der Waals surface area (Å²) in [4.78, 5) is 0. The van der Waals surface area contributed by atoms with Gasteiger partial charge in [-0.05, 0) is 43.8 Å². The molecular formula is C32H30B2F6N2O2. The molecule has 0 saturated heterocycles. The second-order valence-electron chi connectivity index (χ2n) is 9.93. The first kappa shape index (κ1) is 33.1. The quantitative estimate of drug-likeness (QED) is 0.185. The van der Waals surface area contributed by atoms with Crippen molar-refractivity contribution >= 4 is 58.6 Å². The van der Waals surface area contributed by atoms with Crippen molar-refractivity contribution in [1.82, 2.24) is 0 Å². The number of alkyl halides is 6. The first-order valence-electron chi connectivity index (χ1n) is 13.8. The van der Waals surface area contributed by atoms with E-state index < -0.39 is 37.3 Å². The first-order valence-corrected chi connectivity index (χ1v) is 13.8. The Labute approximate surface area is 252 Å². The van der Waals surface area contributed by atoms with E-state index in [-0.39, 0.29) is 26.3 Å². The fourth-order valence-electron chi connectivity index (χ4n) is 5.30. The highest BCUT2D eigenvalue weighted by Crippen LogP contribution is 2.30. The van der Waals surface area contributed by atoms with Gasteiger partial charge in [-0.25, -0.2) is 0 Å². The molecule has 4 aromatic rings. The molecule has 4 N–H and O–H groups in total. The number of nitrogens with two attached hydrogens (primary N) is 2. The van der Waals surface area contributed by atoms with Crippen LogP contribution in [0.25, 0.3) is 22.9 Å². The number of fused-ring (bicyclic) bond motifs is 1. The van der Waals surface area contributed by atoms with Crippen LogP contribution in [0.4, 0.5) is 26.3 Å². The Morgan fingerprint density at radius 1 is 0.591 bits per heavy atom. The summed E-state index contributed by atoms with van der Waals surface area (Å²) in [6.45, 7) is 6.88. The zero-order valence-corrected chi connectivity index (χ0v) is 23.7. The molecule has 44 heavy (non-hydrogen) atoms. The van der Waals surface area contributed by atoms with Gasteiger partial charge in [0.25, 0.3) is 0 Å². The Kier molecular flexibility index (Phi) is 10.4. The van der Waals surface area contributed by atoms with Gasteiger partial charge in [-0.2, -0.15) is 26.3 Å². The van der Waals surface area contributed by atoms with Gasteiger partial charge in [-0.1, -0.05) is 98.1 Å². The first-order chi connectivity index (χ1) is 21.0. The van der Waals surface area contributed by atoms with Gasteiger partial charge >= 0.3 is 26.2 Å². The summed E-state index contributed by atoms with van der Waals surface area (Å²) in [6, 6.07) is 16.7. The van der Waals surface area contributed by atoms with Crippen molar-refractivity contribution in [2.45, 2.75) is 12.4 Å². The van der Waals surface area contributed by atoms with Crippen LogP contribution in [0.3, 0.4) is 0 Å². The minimum absolute atomic E-state index is 0.107. The average molecular weight is 610 g/mol. The number of hydrogen-bond donors (Lipinski definition) is 2. The molecule has 0 aromatic heterocycles. The van der Waals surface area contributed by atoms with E-state index in [0.29, 0.717) is 43.8 Å². The highest BCUT2D eigenvalue weighted by atomic mass is 19.4. The zero-order valence-electron chi connectivity index (χ0n) is 23.7. The van der Waals surface area contributed by atoms with Gasteiger partial charge < -0.3 is 20.8 Å². The second kappa shape index (κ2) is 13.9. The van der Waals surface area contributed by atoms with Crippen LogP contribution in [0.15, 0.2) is 86.0 Å². The van der Waals surface area contributed by atoms with Crippen LogP contribution in [-0.4, -0.2) is 40.1 Å². The van der Waals surface area contributed by atoms with E-state index in [0.717, 1.165) is 24.3 Å². The fourth-order valence-corrected chi connectivity index (χ4v) is 5.30. The minimum Gasteiger partial charge on any atom is -0.426 e. The molecule has 0 unspecified atom stereocenters. The van der Waals surface area contributed by atoms with Crippen molar-refractivity contribution < 1.29 is 35.7 Å². The van der Waals surface area contributed by atoms with E-state index in [1.165, 1.54) is 24.3 Å². The molecule has 0 bridgehead atoms. The van der Waals surface area contributed by atoms with Gasteiger partial charge in [0.15, 0.2) is 0 Å². The molecule has 0 saturated carbocycles. The second-order valence-corrected chi connectivity index (χ2v) is 9.93. The topological polar surface area (TPSA) is 70.5 Å². The van der Waals surface area contributed by atoms with Crippen molar-refractivity contribution in [3.05, 3.63) is 108 Å². The van der Waals surface area contributed by atoms with E-state index in [4.69, 9.17) is 20.8 Å². The van der Waals surface area contributed by atoms with Crippen LogP contribution in [0.5, 0.6) is 0 Å². The highest BCUT2D eigenvalue weighted by molar-refractivity contribution is 6.85. The summed E-state index contributed by atoms with van der Waals surface area (Å²) in [6.07, 6.45) is -5.84. The van der Waals surface area contributed by atoms with Crippen LogP contribution in [0.1, 0.15) is 22.3 Å². The Morgan fingerprint density at radius 3 is 1.20 bits per heavy atom. The van der Waals surface area contributed by atoms with E-state index in [9.17, 15) is 26.3 Å². The molecule has 0 radical (unpaired) electrons. The molecule has 228 valence electrons. The normalized spacial score (nSPS) is 11.9. The van der Waals surface area contributed by atoms with Gasteiger partial charge in [0, 0.05) is 26.3 Å². The van der Waals surface area contributed by atoms with E-state index in [1.807, 2.05) is 12.1 Å². The lowest BCUT2D eigenvalue weighted by molar-refractivity contribution is -0.138. The van der Waals surface area contributed by atoms with Gasteiger partial charge in [0.05, 0.1) is 11.1 Å². The molecule has 0 aliphatic rings. The van der Waals surface area contributed by atoms with Crippen molar-refractivity contribution in [2.75, 3.05) is 26.3 Å². The van der Waals surface area contributed by atoms with E-state index >= 15 is 0 Å². The van der Waals surface area contributed by atoms with Crippen molar-refractivity contribution in [3.8, 4) is 0 Å². The Morgan fingerprint density at radius 2 is 0.932 bits per heavy atom.